The summed E-state index contributed by atoms with van der Waals surface area (Å²) in [6.45, 7) is 3.35. The fourth-order valence-electron chi connectivity index (χ4n) is 4.47. The molecule has 1 N–H and O–H groups in total. The minimum absolute atomic E-state index is 0. The van der Waals surface area contributed by atoms with Crippen LogP contribution in [0.1, 0.15) is 12.5 Å². The standard InChI is InChI=1S/C27H22F2N6O.ClH/c1-17-16-34(12-13-35(17)27(36)31-24-11-6-18(15-30)14-23(24)29)26-22-5-3-2-4-21(22)25(32-33-26)19-7-9-20(28)10-8-19;/h2-11,14,17H,12-13,16H2,1H3,(H,31,36);1H/t17-;/m0./s1. The number of fused-ring (bicyclic) bond motifs is 1. The van der Waals surface area contributed by atoms with Gasteiger partial charge in [0.05, 0.1) is 17.3 Å². The Hall–Kier alpha value is -4.29. The van der Waals surface area contributed by atoms with Gasteiger partial charge in [-0.05, 0) is 49.4 Å². The number of amides is 2. The lowest BCUT2D eigenvalue weighted by molar-refractivity contribution is 0.184. The van der Waals surface area contributed by atoms with Crippen LogP contribution in [0.15, 0.2) is 66.7 Å². The predicted octanol–water partition coefficient (Wildman–Crippen LogP) is 5.61. The molecule has 1 saturated heterocycles. The Balaban J connectivity index is 0.00000320. The number of aromatic nitrogens is 2. The van der Waals surface area contributed by atoms with Crippen molar-refractivity contribution < 1.29 is 13.6 Å². The Bertz CT molecular complexity index is 1490. The molecule has 1 aliphatic rings. The van der Waals surface area contributed by atoms with E-state index in [-0.39, 0.29) is 35.5 Å². The molecule has 5 rings (SSSR count). The summed E-state index contributed by atoms with van der Waals surface area (Å²) < 4.78 is 27.7. The van der Waals surface area contributed by atoms with E-state index in [0.29, 0.717) is 31.1 Å². The van der Waals surface area contributed by atoms with Gasteiger partial charge in [-0.3, -0.25) is 0 Å². The number of hydrogen-bond acceptors (Lipinski definition) is 5. The van der Waals surface area contributed by atoms with Crippen molar-refractivity contribution in [1.29, 1.82) is 5.26 Å². The molecule has 0 bridgehead atoms. The van der Waals surface area contributed by atoms with Gasteiger partial charge in [-0.25, -0.2) is 13.6 Å². The second-order valence-corrected chi connectivity index (χ2v) is 8.65. The molecule has 0 spiro atoms. The fourth-order valence-corrected chi connectivity index (χ4v) is 4.47. The largest absolute Gasteiger partial charge is 0.351 e. The van der Waals surface area contributed by atoms with Gasteiger partial charge in [0.25, 0.3) is 0 Å². The molecule has 3 aromatic carbocycles. The monoisotopic (exact) mass is 520 g/mol. The van der Waals surface area contributed by atoms with Gasteiger partial charge in [-0.15, -0.1) is 22.6 Å². The summed E-state index contributed by atoms with van der Waals surface area (Å²) in [5.74, 6) is -0.261. The van der Waals surface area contributed by atoms with Gasteiger partial charge < -0.3 is 15.1 Å². The highest BCUT2D eigenvalue weighted by atomic mass is 35.5. The quantitative estimate of drug-likeness (QED) is 0.379. The van der Waals surface area contributed by atoms with Gasteiger partial charge in [0, 0.05) is 42.0 Å². The average Bonchev–Trinajstić information content (AvgIpc) is 2.89. The van der Waals surface area contributed by atoms with Gasteiger partial charge in [0.1, 0.15) is 17.3 Å². The highest BCUT2D eigenvalue weighted by Crippen LogP contribution is 2.32. The number of nitriles is 1. The third-order valence-electron chi connectivity index (χ3n) is 6.31. The number of rotatable bonds is 3. The molecule has 0 unspecified atom stereocenters. The van der Waals surface area contributed by atoms with E-state index in [9.17, 15) is 13.6 Å². The molecule has 188 valence electrons. The second kappa shape index (κ2) is 10.8. The van der Waals surface area contributed by atoms with Crippen LogP contribution >= 0.6 is 12.4 Å². The molecule has 4 aromatic rings. The number of carbonyl (C=O) groups excluding carboxylic acids is 1. The van der Waals surface area contributed by atoms with E-state index in [1.165, 1.54) is 24.3 Å². The predicted molar refractivity (Wildman–Crippen MR) is 141 cm³/mol. The molecular weight excluding hydrogens is 498 g/mol. The summed E-state index contributed by atoms with van der Waals surface area (Å²) in [5.41, 5.74) is 1.66. The smallest absolute Gasteiger partial charge is 0.322 e. The molecule has 0 saturated carbocycles. The van der Waals surface area contributed by atoms with Crippen molar-refractivity contribution in [2.24, 2.45) is 0 Å². The first-order chi connectivity index (χ1) is 17.4. The second-order valence-electron chi connectivity index (χ2n) is 8.65. The van der Waals surface area contributed by atoms with E-state index in [2.05, 4.69) is 20.4 Å². The molecule has 1 atom stereocenters. The summed E-state index contributed by atoms with van der Waals surface area (Å²) >= 11 is 0. The third-order valence-corrected chi connectivity index (χ3v) is 6.31. The Labute approximate surface area is 218 Å². The van der Waals surface area contributed by atoms with Crippen molar-refractivity contribution in [2.75, 3.05) is 29.9 Å². The van der Waals surface area contributed by atoms with Crippen LogP contribution in [0, 0.1) is 23.0 Å². The van der Waals surface area contributed by atoms with Gasteiger partial charge in [-0.1, -0.05) is 24.3 Å². The molecule has 2 amide bonds. The minimum Gasteiger partial charge on any atom is -0.351 e. The lowest BCUT2D eigenvalue weighted by atomic mass is 10.0. The number of anilines is 2. The SMILES string of the molecule is C[C@H]1CN(c2nnc(-c3ccc(F)cc3)c3ccccc23)CCN1C(=O)Nc1ccc(C#N)cc1F.Cl. The third kappa shape index (κ3) is 5.15. The van der Waals surface area contributed by atoms with Crippen molar-refractivity contribution in [1.82, 2.24) is 15.1 Å². The number of piperazine rings is 1. The van der Waals surface area contributed by atoms with Crippen LogP contribution in [0.3, 0.4) is 0 Å². The lowest BCUT2D eigenvalue weighted by Crippen LogP contribution is -2.55. The molecule has 0 aliphatic carbocycles. The number of benzene rings is 3. The molecule has 2 heterocycles. The highest BCUT2D eigenvalue weighted by molar-refractivity contribution is 6.00. The highest BCUT2D eigenvalue weighted by Gasteiger charge is 2.30. The molecule has 10 heteroatoms. The van der Waals surface area contributed by atoms with E-state index in [1.807, 2.05) is 37.3 Å². The Morgan fingerprint density at radius 1 is 1.03 bits per heavy atom. The molecule has 1 aliphatic heterocycles. The summed E-state index contributed by atoms with van der Waals surface area (Å²) in [5, 5.41) is 22.3. The first kappa shape index (κ1) is 25.8. The molecule has 37 heavy (non-hydrogen) atoms. The summed E-state index contributed by atoms with van der Waals surface area (Å²) in [4.78, 5) is 16.6. The van der Waals surface area contributed by atoms with E-state index in [1.54, 1.807) is 17.0 Å². The van der Waals surface area contributed by atoms with Crippen LogP contribution in [0.2, 0.25) is 0 Å². The fraction of sp³-hybridized carbons (Fsp3) is 0.185. The molecular formula is C27H23ClF2N6O. The van der Waals surface area contributed by atoms with Crippen molar-refractivity contribution in [2.45, 2.75) is 13.0 Å². The zero-order valence-corrected chi connectivity index (χ0v) is 20.7. The molecule has 1 aromatic heterocycles. The zero-order chi connectivity index (χ0) is 25.2. The van der Waals surface area contributed by atoms with Crippen LogP contribution in [0.5, 0.6) is 0 Å². The van der Waals surface area contributed by atoms with E-state index < -0.39 is 11.8 Å². The van der Waals surface area contributed by atoms with Gasteiger partial charge in [0.15, 0.2) is 5.82 Å². The van der Waals surface area contributed by atoms with Crippen molar-refractivity contribution in [3.63, 3.8) is 0 Å². The Morgan fingerprint density at radius 2 is 1.76 bits per heavy atom. The Morgan fingerprint density at radius 3 is 2.43 bits per heavy atom. The van der Waals surface area contributed by atoms with Gasteiger partial charge >= 0.3 is 6.03 Å². The Kier molecular flexibility index (Phi) is 7.50. The topological polar surface area (TPSA) is 85.2 Å². The summed E-state index contributed by atoms with van der Waals surface area (Å²) in [6, 6.07) is 19.2. The minimum atomic E-state index is -0.656. The van der Waals surface area contributed by atoms with Crippen LogP contribution in [0.4, 0.5) is 25.1 Å². The van der Waals surface area contributed by atoms with Crippen molar-refractivity contribution in [3.05, 3.63) is 83.9 Å². The molecule has 1 fully saturated rings. The van der Waals surface area contributed by atoms with Crippen molar-refractivity contribution in [3.8, 4) is 17.3 Å². The maximum absolute atomic E-state index is 14.2. The first-order valence-corrected chi connectivity index (χ1v) is 11.5. The zero-order valence-electron chi connectivity index (χ0n) is 19.9. The number of nitrogens with one attached hydrogen (secondary N) is 1. The molecule has 7 nitrogen and oxygen atoms in total. The first-order valence-electron chi connectivity index (χ1n) is 11.5. The lowest BCUT2D eigenvalue weighted by Gasteiger charge is -2.40. The van der Waals surface area contributed by atoms with Crippen LogP contribution < -0.4 is 10.2 Å². The maximum Gasteiger partial charge on any atom is 0.322 e. The van der Waals surface area contributed by atoms with E-state index >= 15 is 0 Å². The van der Waals surface area contributed by atoms with Crippen LogP contribution in [-0.4, -0.2) is 46.8 Å². The van der Waals surface area contributed by atoms with Gasteiger partial charge in [0.2, 0.25) is 0 Å². The van der Waals surface area contributed by atoms with E-state index in [0.717, 1.165) is 22.4 Å². The molecule has 0 radical (unpaired) electrons. The number of urea groups is 1. The van der Waals surface area contributed by atoms with Crippen LogP contribution in [-0.2, 0) is 0 Å². The average molecular weight is 521 g/mol. The summed E-state index contributed by atoms with van der Waals surface area (Å²) in [6.07, 6.45) is 0. The normalized spacial score (nSPS) is 15.1. The van der Waals surface area contributed by atoms with Crippen molar-refractivity contribution >= 4 is 40.7 Å². The number of carbonyl (C=O) groups is 1. The number of hydrogen-bond donors (Lipinski definition) is 1. The van der Waals surface area contributed by atoms with Crippen LogP contribution in [0.25, 0.3) is 22.0 Å². The number of nitrogens with zero attached hydrogens (tertiary/aromatic N) is 5. The van der Waals surface area contributed by atoms with Gasteiger partial charge in [-0.2, -0.15) is 5.26 Å². The van der Waals surface area contributed by atoms with E-state index in [4.69, 9.17) is 5.26 Å². The maximum atomic E-state index is 14.2. The number of halogens is 3. The summed E-state index contributed by atoms with van der Waals surface area (Å²) in [7, 11) is 0.